The molecule has 1 aromatic rings. The number of rotatable bonds is 5. The van der Waals surface area contributed by atoms with Gasteiger partial charge in [-0.15, -0.1) is 0 Å². The summed E-state index contributed by atoms with van der Waals surface area (Å²) in [5, 5.41) is 8.56. The van der Waals surface area contributed by atoms with Crippen LogP contribution in [0.2, 0.25) is 0 Å². The minimum Gasteiger partial charge on any atom is -0.481 e. The summed E-state index contributed by atoms with van der Waals surface area (Å²) in [6.07, 6.45) is 2.33. The minimum atomic E-state index is -0.00537. The summed E-state index contributed by atoms with van der Waals surface area (Å²) < 4.78 is 4.87. The molecule has 1 rings (SSSR count). The van der Waals surface area contributed by atoms with Crippen molar-refractivity contribution in [1.82, 2.24) is 4.98 Å². The molecule has 1 heterocycles. The normalized spacial score (nSPS) is 9.86. The molecule has 1 aromatic heterocycles. The monoisotopic (exact) mass is 195 g/mol. The zero-order chi connectivity index (χ0) is 10.4. The van der Waals surface area contributed by atoms with Crippen LogP contribution in [0.4, 0.5) is 0 Å². The number of ether oxygens (including phenoxy) is 1. The summed E-state index contributed by atoms with van der Waals surface area (Å²) in [4.78, 5) is 15.3. The highest BCUT2D eigenvalue weighted by atomic mass is 16.5. The number of hydrogen-bond donors (Lipinski definition) is 1. The van der Waals surface area contributed by atoms with Gasteiger partial charge in [-0.05, 0) is 12.5 Å². The van der Waals surface area contributed by atoms with Crippen molar-refractivity contribution in [1.29, 1.82) is 0 Å². The molecule has 0 atom stereocenters. The van der Waals surface area contributed by atoms with Gasteiger partial charge in [-0.25, -0.2) is 4.98 Å². The smallest absolute Gasteiger partial charge is 0.212 e. The molecule has 0 aromatic carbocycles. The fourth-order valence-corrected chi connectivity index (χ4v) is 1.05. The molecule has 0 amide bonds. The zero-order valence-corrected chi connectivity index (χ0v) is 8.06. The van der Waals surface area contributed by atoms with E-state index in [1.54, 1.807) is 12.1 Å². The average molecular weight is 195 g/mol. The fourth-order valence-electron chi connectivity index (χ4n) is 1.05. The largest absolute Gasteiger partial charge is 0.481 e. The second kappa shape index (κ2) is 5.34. The number of ketones is 1. The third-order valence-electron chi connectivity index (χ3n) is 1.83. The van der Waals surface area contributed by atoms with Gasteiger partial charge in [0.2, 0.25) is 5.88 Å². The van der Waals surface area contributed by atoms with E-state index in [0.717, 1.165) is 0 Å². The predicted octanol–water partition coefficient (Wildman–Crippen LogP) is 1.05. The molecule has 0 aliphatic carbocycles. The Morgan fingerprint density at radius 1 is 1.57 bits per heavy atom. The van der Waals surface area contributed by atoms with E-state index < -0.39 is 0 Å². The van der Waals surface area contributed by atoms with Crippen molar-refractivity contribution in [3.63, 3.8) is 0 Å². The Bertz CT molecular complexity index is 295. The summed E-state index contributed by atoms with van der Waals surface area (Å²) >= 11 is 0. The van der Waals surface area contributed by atoms with Crippen molar-refractivity contribution in [3.8, 4) is 5.88 Å². The molecule has 14 heavy (non-hydrogen) atoms. The lowest BCUT2D eigenvalue weighted by atomic mass is 10.1. The first kappa shape index (κ1) is 10.7. The Labute approximate surface area is 82.5 Å². The number of aliphatic hydroxyl groups is 1. The summed E-state index contributed by atoms with van der Waals surface area (Å²) in [7, 11) is 1.52. The molecule has 0 bridgehead atoms. The van der Waals surface area contributed by atoms with Crippen molar-refractivity contribution in [3.05, 3.63) is 23.9 Å². The second-order valence-electron chi connectivity index (χ2n) is 2.84. The number of Topliss-reactive ketones (excluding diaryl/α,β-unsaturated/α-hetero) is 1. The number of methoxy groups -OCH3 is 1. The van der Waals surface area contributed by atoms with Gasteiger partial charge in [-0.2, -0.15) is 0 Å². The topological polar surface area (TPSA) is 59.4 Å². The molecule has 0 saturated carbocycles. The molecule has 0 aliphatic rings. The molecule has 4 nitrogen and oxygen atoms in total. The lowest BCUT2D eigenvalue weighted by molar-refractivity contribution is 0.0971. The van der Waals surface area contributed by atoms with E-state index in [1.165, 1.54) is 13.3 Å². The maximum absolute atomic E-state index is 11.4. The Hall–Kier alpha value is -1.42. The second-order valence-corrected chi connectivity index (χ2v) is 2.84. The molecule has 1 N–H and O–H groups in total. The number of nitrogens with zero attached hydrogens (tertiary/aromatic N) is 1. The van der Waals surface area contributed by atoms with Gasteiger partial charge in [-0.3, -0.25) is 4.79 Å². The Kier molecular flexibility index (Phi) is 4.07. The first-order chi connectivity index (χ1) is 6.77. The maximum atomic E-state index is 11.4. The van der Waals surface area contributed by atoms with Crippen LogP contribution in [-0.2, 0) is 0 Å². The van der Waals surface area contributed by atoms with Crippen LogP contribution in [0.25, 0.3) is 0 Å². The van der Waals surface area contributed by atoms with Gasteiger partial charge < -0.3 is 9.84 Å². The van der Waals surface area contributed by atoms with E-state index in [-0.39, 0.29) is 12.4 Å². The SMILES string of the molecule is COc1ccc(C(=O)CCCO)cn1. The van der Waals surface area contributed by atoms with E-state index in [4.69, 9.17) is 9.84 Å². The molecule has 0 saturated heterocycles. The molecule has 0 fully saturated rings. The fraction of sp³-hybridized carbons (Fsp3) is 0.400. The van der Waals surface area contributed by atoms with Crippen molar-refractivity contribution < 1.29 is 14.6 Å². The summed E-state index contributed by atoms with van der Waals surface area (Å²) in [5.41, 5.74) is 0.555. The van der Waals surface area contributed by atoms with Crippen molar-refractivity contribution >= 4 is 5.78 Å². The maximum Gasteiger partial charge on any atom is 0.212 e. The van der Waals surface area contributed by atoms with E-state index in [0.29, 0.717) is 24.3 Å². The van der Waals surface area contributed by atoms with E-state index in [1.807, 2.05) is 0 Å². The van der Waals surface area contributed by atoms with E-state index >= 15 is 0 Å². The van der Waals surface area contributed by atoms with Crippen LogP contribution in [-0.4, -0.2) is 29.6 Å². The number of aliphatic hydroxyl groups excluding tert-OH is 1. The number of carbonyl (C=O) groups excluding carboxylic acids is 1. The van der Waals surface area contributed by atoms with Crippen LogP contribution in [0.1, 0.15) is 23.2 Å². The molecule has 0 unspecified atom stereocenters. The number of pyridine rings is 1. The Morgan fingerprint density at radius 3 is 2.86 bits per heavy atom. The molecule has 0 radical (unpaired) electrons. The molecule has 76 valence electrons. The van der Waals surface area contributed by atoms with Crippen LogP contribution in [0, 0.1) is 0 Å². The highest BCUT2D eigenvalue weighted by Crippen LogP contribution is 2.09. The summed E-state index contributed by atoms with van der Waals surface area (Å²) in [6.45, 7) is 0.0370. The van der Waals surface area contributed by atoms with Crippen LogP contribution in [0.15, 0.2) is 18.3 Å². The first-order valence-corrected chi connectivity index (χ1v) is 4.42. The molecule has 0 spiro atoms. The lowest BCUT2D eigenvalue weighted by Gasteiger charge is -2.00. The van der Waals surface area contributed by atoms with Gasteiger partial charge >= 0.3 is 0 Å². The lowest BCUT2D eigenvalue weighted by Crippen LogP contribution is -2.01. The molecular weight excluding hydrogens is 182 g/mol. The van der Waals surface area contributed by atoms with Crippen LogP contribution in [0.3, 0.4) is 0 Å². The highest BCUT2D eigenvalue weighted by Gasteiger charge is 2.05. The van der Waals surface area contributed by atoms with Crippen LogP contribution in [0.5, 0.6) is 5.88 Å². The Balaban J connectivity index is 2.62. The standard InChI is InChI=1S/C10H13NO3/c1-14-10-5-4-8(7-11-10)9(13)3-2-6-12/h4-5,7,12H,2-3,6H2,1H3. The van der Waals surface area contributed by atoms with Gasteiger partial charge in [0.25, 0.3) is 0 Å². The first-order valence-electron chi connectivity index (χ1n) is 4.42. The minimum absolute atomic E-state index is 0.00537. The van der Waals surface area contributed by atoms with E-state index in [2.05, 4.69) is 4.98 Å². The third kappa shape index (κ3) is 2.81. The Morgan fingerprint density at radius 2 is 2.36 bits per heavy atom. The van der Waals surface area contributed by atoms with Gasteiger partial charge in [0, 0.05) is 30.9 Å². The number of aromatic nitrogens is 1. The van der Waals surface area contributed by atoms with Crippen molar-refractivity contribution in [2.24, 2.45) is 0 Å². The summed E-state index contributed by atoms with van der Waals surface area (Å²) in [5.74, 6) is 0.484. The quantitative estimate of drug-likeness (QED) is 0.713. The highest BCUT2D eigenvalue weighted by molar-refractivity contribution is 5.95. The van der Waals surface area contributed by atoms with Crippen LogP contribution >= 0.6 is 0 Å². The van der Waals surface area contributed by atoms with Crippen molar-refractivity contribution in [2.45, 2.75) is 12.8 Å². The average Bonchev–Trinajstić information content (AvgIpc) is 2.26. The molecule has 0 aliphatic heterocycles. The predicted molar refractivity (Wildman–Crippen MR) is 51.4 cm³/mol. The summed E-state index contributed by atoms with van der Waals surface area (Å²) in [6, 6.07) is 3.32. The van der Waals surface area contributed by atoms with Crippen LogP contribution < -0.4 is 4.74 Å². The van der Waals surface area contributed by atoms with Gasteiger partial charge in [0.05, 0.1) is 7.11 Å². The number of hydrogen-bond acceptors (Lipinski definition) is 4. The van der Waals surface area contributed by atoms with Gasteiger partial charge in [0.1, 0.15) is 0 Å². The van der Waals surface area contributed by atoms with Gasteiger partial charge in [0.15, 0.2) is 5.78 Å². The third-order valence-corrected chi connectivity index (χ3v) is 1.83. The molecule has 4 heteroatoms. The van der Waals surface area contributed by atoms with Gasteiger partial charge in [-0.1, -0.05) is 0 Å². The van der Waals surface area contributed by atoms with Crippen molar-refractivity contribution in [2.75, 3.05) is 13.7 Å². The van der Waals surface area contributed by atoms with E-state index in [9.17, 15) is 4.79 Å². The molecular formula is C10H13NO3. The zero-order valence-electron chi connectivity index (χ0n) is 8.06. The number of carbonyl (C=O) groups is 1.